The molecule has 3 rings (SSSR count). The van der Waals surface area contributed by atoms with Crippen molar-refractivity contribution in [1.29, 1.82) is 0 Å². The molecule has 0 bridgehead atoms. The number of amides is 2. The van der Waals surface area contributed by atoms with E-state index < -0.39 is 12.3 Å². The number of carbonyl (C=O) groups is 2. The summed E-state index contributed by atoms with van der Waals surface area (Å²) in [6.45, 7) is 3.14. The molecule has 0 atom stereocenters. The molecule has 1 saturated heterocycles. The van der Waals surface area contributed by atoms with Crippen LogP contribution in [0.25, 0.3) is 0 Å². The Bertz CT molecular complexity index is 1170. The fourth-order valence-corrected chi connectivity index (χ4v) is 3.87. The Morgan fingerprint density at radius 1 is 1.12 bits per heavy atom. The summed E-state index contributed by atoms with van der Waals surface area (Å²) in [4.78, 5) is 34.5. The highest BCUT2D eigenvalue weighted by atomic mass is 19.4. The summed E-state index contributed by atoms with van der Waals surface area (Å²) in [6, 6.07) is 10.3. The van der Waals surface area contributed by atoms with Crippen molar-refractivity contribution >= 4 is 23.7 Å². The summed E-state index contributed by atoms with van der Waals surface area (Å²) in [5.41, 5.74) is 7.67. The highest BCUT2D eigenvalue weighted by Gasteiger charge is 2.31. The maximum Gasteiger partial charge on any atom is 0.573 e. The predicted molar refractivity (Wildman–Crippen MR) is 146 cm³/mol. The maximum atomic E-state index is 12.7. The summed E-state index contributed by atoms with van der Waals surface area (Å²) < 4.78 is 46.8. The molecule has 2 amide bonds. The number of benzene rings is 2. The number of nitrogens with two attached hydrogens (primary N) is 1. The van der Waals surface area contributed by atoms with E-state index in [2.05, 4.69) is 14.7 Å². The number of aliphatic hydroxyl groups is 1. The van der Waals surface area contributed by atoms with E-state index in [1.54, 1.807) is 43.4 Å². The van der Waals surface area contributed by atoms with Gasteiger partial charge < -0.3 is 25.2 Å². The summed E-state index contributed by atoms with van der Waals surface area (Å²) in [6.07, 6.45) is -1.36. The third-order valence-corrected chi connectivity index (χ3v) is 5.86. The molecule has 218 valence electrons. The van der Waals surface area contributed by atoms with Gasteiger partial charge in [0.1, 0.15) is 17.6 Å². The van der Waals surface area contributed by atoms with Crippen molar-refractivity contribution in [1.82, 2.24) is 4.90 Å². The first-order valence-electron chi connectivity index (χ1n) is 12.7. The average Bonchev–Trinajstić information content (AvgIpc) is 2.92. The van der Waals surface area contributed by atoms with Crippen molar-refractivity contribution in [2.75, 3.05) is 33.8 Å². The molecule has 0 aromatic heterocycles. The van der Waals surface area contributed by atoms with Crippen molar-refractivity contribution in [2.24, 2.45) is 15.7 Å². The lowest BCUT2D eigenvalue weighted by Gasteiger charge is -2.32. The number of likely N-dealkylation sites (tertiary alicyclic amines) is 1. The van der Waals surface area contributed by atoms with Gasteiger partial charge in [-0.15, -0.1) is 13.2 Å². The van der Waals surface area contributed by atoms with Gasteiger partial charge >= 0.3 is 6.36 Å². The number of ether oxygens (including phenoxy) is 2. The average molecular weight is 565 g/mol. The minimum atomic E-state index is -4.76. The standard InChI is InChI=1S/C25H27F3N4O4.C3H8O/c1-30-15-21(31-2)17-5-8-22(20(14-17)24(29)34)35-18-9-11-32(12-10-18)23(33)13-16-3-6-19(7-4-16)36-25(26,27)28;1-2-3-4/h3-8,14-15,18H,9-13H2,1-2H3,(H2,29,34);4H,2-3H2,1H3. The maximum absolute atomic E-state index is 12.7. The van der Waals surface area contributed by atoms with Crippen LogP contribution in [0.3, 0.4) is 0 Å². The van der Waals surface area contributed by atoms with E-state index >= 15 is 0 Å². The van der Waals surface area contributed by atoms with Crippen LogP contribution in [0, 0.1) is 0 Å². The second kappa shape index (κ2) is 15.6. The zero-order chi connectivity index (χ0) is 29.7. The molecule has 12 heteroatoms. The van der Waals surface area contributed by atoms with Crippen LogP contribution in [0.15, 0.2) is 52.4 Å². The predicted octanol–water partition coefficient (Wildman–Crippen LogP) is 3.80. The molecule has 1 heterocycles. The molecule has 2 aromatic rings. The second-order valence-corrected chi connectivity index (χ2v) is 8.86. The number of alkyl halides is 3. The van der Waals surface area contributed by atoms with Crippen LogP contribution >= 0.6 is 0 Å². The van der Waals surface area contributed by atoms with Gasteiger partial charge in [-0.25, -0.2) is 0 Å². The number of carbonyl (C=O) groups excluding carboxylic acids is 2. The van der Waals surface area contributed by atoms with Crippen LogP contribution in [0.5, 0.6) is 11.5 Å². The van der Waals surface area contributed by atoms with Gasteiger partial charge in [-0.2, -0.15) is 0 Å². The largest absolute Gasteiger partial charge is 0.573 e. The molecule has 9 nitrogen and oxygen atoms in total. The first-order chi connectivity index (χ1) is 19.0. The summed E-state index contributed by atoms with van der Waals surface area (Å²) in [5, 5.41) is 7.88. The Balaban J connectivity index is 0.00000131. The van der Waals surface area contributed by atoms with Gasteiger partial charge in [-0.05, 0) is 42.3 Å². The lowest BCUT2D eigenvalue weighted by atomic mass is 10.0. The van der Waals surface area contributed by atoms with Gasteiger partial charge in [0.05, 0.1) is 17.7 Å². The number of aliphatic imine (C=N–C) groups is 2. The van der Waals surface area contributed by atoms with Crippen LogP contribution in [0.4, 0.5) is 13.2 Å². The van der Waals surface area contributed by atoms with Crippen LogP contribution in [0.2, 0.25) is 0 Å². The Kier molecular flexibility index (Phi) is 12.6. The van der Waals surface area contributed by atoms with Gasteiger partial charge in [0.25, 0.3) is 5.91 Å². The van der Waals surface area contributed by atoms with E-state index in [9.17, 15) is 22.8 Å². The molecule has 0 unspecified atom stereocenters. The summed E-state index contributed by atoms with van der Waals surface area (Å²) in [7, 11) is 3.25. The highest BCUT2D eigenvalue weighted by molar-refractivity contribution is 6.38. The Morgan fingerprint density at radius 2 is 1.75 bits per heavy atom. The topological polar surface area (TPSA) is 127 Å². The summed E-state index contributed by atoms with van der Waals surface area (Å²) >= 11 is 0. The highest BCUT2D eigenvalue weighted by Crippen LogP contribution is 2.26. The second-order valence-electron chi connectivity index (χ2n) is 8.86. The van der Waals surface area contributed by atoms with Gasteiger partial charge in [-0.1, -0.05) is 19.1 Å². The first-order valence-corrected chi connectivity index (χ1v) is 12.7. The third-order valence-electron chi connectivity index (χ3n) is 5.86. The quantitative estimate of drug-likeness (QED) is 0.448. The van der Waals surface area contributed by atoms with Gasteiger partial charge in [0.2, 0.25) is 5.91 Å². The molecule has 40 heavy (non-hydrogen) atoms. The van der Waals surface area contributed by atoms with Crippen LogP contribution in [-0.2, 0) is 11.2 Å². The van der Waals surface area contributed by atoms with Gasteiger partial charge in [0, 0.05) is 58.4 Å². The monoisotopic (exact) mass is 564 g/mol. The normalized spacial score (nSPS) is 14.5. The number of primary amides is 1. The summed E-state index contributed by atoms with van der Waals surface area (Å²) in [5.74, 6) is -0.739. The zero-order valence-corrected chi connectivity index (χ0v) is 22.8. The van der Waals surface area contributed by atoms with Gasteiger partial charge in [-0.3, -0.25) is 19.6 Å². The third kappa shape index (κ3) is 10.3. The molecular weight excluding hydrogens is 529 g/mol. The molecule has 0 saturated carbocycles. The lowest BCUT2D eigenvalue weighted by molar-refractivity contribution is -0.274. The number of aliphatic hydroxyl groups excluding tert-OH is 1. The number of rotatable bonds is 9. The van der Waals surface area contributed by atoms with E-state index in [-0.39, 0.29) is 29.7 Å². The van der Waals surface area contributed by atoms with Crippen LogP contribution in [0.1, 0.15) is 47.7 Å². The SMILES string of the molecule is CCCO.CN=CC(=NC)c1ccc(OC2CCN(C(=O)Cc3ccc(OC(F)(F)F)cc3)CC2)c(C(N)=O)c1. The minimum absolute atomic E-state index is 0.0630. The van der Waals surface area contributed by atoms with Crippen molar-refractivity contribution in [3.05, 3.63) is 59.2 Å². The lowest BCUT2D eigenvalue weighted by Crippen LogP contribution is -2.42. The first kappa shape index (κ1) is 32.3. The zero-order valence-electron chi connectivity index (χ0n) is 22.8. The number of nitrogens with zero attached hydrogens (tertiary/aromatic N) is 3. The smallest absolute Gasteiger partial charge is 0.489 e. The molecule has 0 aliphatic carbocycles. The molecule has 1 aliphatic rings. The van der Waals surface area contributed by atoms with E-state index in [1.165, 1.54) is 24.3 Å². The minimum Gasteiger partial charge on any atom is -0.489 e. The van der Waals surface area contributed by atoms with Crippen molar-refractivity contribution in [3.8, 4) is 11.5 Å². The van der Waals surface area contributed by atoms with Crippen LogP contribution in [-0.4, -0.2) is 80.0 Å². The van der Waals surface area contributed by atoms with E-state index in [0.29, 0.717) is 55.1 Å². The number of hydrogen-bond acceptors (Lipinski definition) is 7. The fourth-order valence-electron chi connectivity index (χ4n) is 3.87. The molecular formula is C28H35F3N4O5. The van der Waals surface area contributed by atoms with Gasteiger partial charge in [0.15, 0.2) is 0 Å². The Labute approximate surface area is 231 Å². The molecule has 3 N–H and O–H groups in total. The van der Waals surface area contributed by atoms with Crippen molar-refractivity contribution in [3.63, 3.8) is 0 Å². The molecule has 2 aromatic carbocycles. The van der Waals surface area contributed by atoms with Crippen molar-refractivity contribution < 1.29 is 37.3 Å². The van der Waals surface area contributed by atoms with E-state index in [1.807, 2.05) is 6.92 Å². The Morgan fingerprint density at radius 3 is 2.25 bits per heavy atom. The number of piperidine rings is 1. The molecule has 1 fully saturated rings. The molecule has 0 radical (unpaired) electrons. The van der Waals surface area contributed by atoms with Crippen LogP contribution < -0.4 is 15.2 Å². The molecule has 0 spiro atoms. The van der Waals surface area contributed by atoms with E-state index in [4.69, 9.17) is 15.6 Å². The number of hydrogen-bond donors (Lipinski definition) is 2. The van der Waals surface area contributed by atoms with Crippen molar-refractivity contribution in [2.45, 2.75) is 45.1 Å². The Hall–Kier alpha value is -3.93. The number of halogens is 3. The fraction of sp³-hybridized carbons (Fsp3) is 0.429. The molecule has 1 aliphatic heterocycles. The van der Waals surface area contributed by atoms with E-state index in [0.717, 1.165) is 6.42 Å².